The maximum atomic E-state index is 14.7. The first-order valence-corrected chi connectivity index (χ1v) is 14.4. The highest BCUT2D eigenvalue weighted by atomic mass is 32.2. The molecule has 6 rings (SSSR count). The van der Waals surface area contributed by atoms with Crippen molar-refractivity contribution in [2.45, 2.75) is 30.0 Å². The predicted molar refractivity (Wildman–Crippen MR) is 143 cm³/mol. The summed E-state index contributed by atoms with van der Waals surface area (Å²) in [6, 6.07) is 9.51. The number of carbonyl (C=O) groups excluding carboxylic acids is 1. The van der Waals surface area contributed by atoms with Crippen LogP contribution < -0.4 is 24.4 Å². The van der Waals surface area contributed by atoms with Gasteiger partial charge in [0.25, 0.3) is 5.91 Å². The van der Waals surface area contributed by atoms with E-state index in [-0.39, 0.29) is 30.4 Å². The number of nitrogens with zero attached hydrogens (tertiary/aromatic N) is 4. The number of nitrogens with one attached hydrogen (secondary N) is 1. The molecule has 43 heavy (non-hydrogen) atoms. The van der Waals surface area contributed by atoms with E-state index in [0.29, 0.717) is 41.3 Å². The fourth-order valence-corrected chi connectivity index (χ4v) is 6.01. The highest BCUT2D eigenvalue weighted by molar-refractivity contribution is 7.92. The standard InChI is InChI=1S/C27H21F4N5O6S/c28-17-9-15(10-20-24(17)41-7-5-21(29)43(20,38)39)26(37)33-13-16-11-18-14(12-32-16)1-3-22(34-18)36-6-8-40-19-2-4-23(35-25(19)36)42-27(30)31/h1-4,9-12,21,27H,5-8,13H2,(H,33,37)/t21-/m1/s1. The van der Waals surface area contributed by atoms with Crippen molar-refractivity contribution in [3.63, 3.8) is 0 Å². The number of pyridine rings is 3. The Labute approximate surface area is 241 Å². The zero-order valence-electron chi connectivity index (χ0n) is 22.0. The van der Waals surface area contributed by atoms with E-state index in [1.54, 1.807) is 23.1 Å². The number of ether oxygens (including phenoxy) is 3. The van der Waals surface area contributed by atoms with E-state index in [4.69, 9.17) is 9.47 Å². The Morgan fingerprint density at radius 2 is 1.95 bits per heavy atom. The lowest BCUT2D eigenvalue weighted by Crippen LogP contribution is -2.30. The Morgan fingerprint density at radius 3 is 2.77 bits per heavy atom. The summed E-state index contributed by atoms with van der Waals surface area (Å²) >= 11 is 0. The summed E-state index contributed by atoms with van der Waals surface area (Å²) in [6.07, 6.45) is 1.06. The third-order valence-electron chi connectivity index (χ3n) is 6.68. The monoisotopic (exact) mass is 619 g/mol. The highest BCUT2D eigenvalue weighted by Crippen LogP contribution is 2.37. The van der Waals surface area contributed by atoms with Gasteiger partial charge in [-0.1, -0.05) is 0 Å². The van der Waals surface area contributed by atoms with Crippen molar-refractivity contribution in [2.24, 2.45) is 0 Å². The van der Waals surface area contributed by atoms with E-state index < -0.39 is 50.7 Å². The Morgan fingerprint density at radius 1 is 1.12 bits per heavy atom. The molecule has 1 atom stereocenters. The van der Waals surface area contributed by atoms with Crippen LogP contribution in [0.2, 0.25) is 0 Å². The van der Waals surface area contributed by atoms with Gasteiger partial charge in [-0.3, -0.25) is 9.78 Å². The quantitative estimate of drug-likeness (QED) is 0.315. The van der Waals surface area contributed by atoms with Gasteiger partial charge in [-0.25, -0.2) is 22.2 Å². The van der Waals surface area contributed by atoms with Gasteiger partial charge in [0.05, 0.1) is 30.9 Å². The number of carbonyl (C=O) groups is 1. The molecule has 224 valence electrons. The molecule has 1 N–H and O–H groups in total. The van der Waals surface area contributed by atoms with Crippen LogP contribution in [-0.2, 0) is 16.4 Å². The molecule has 3 aromatic heterocycles. The zero-order chi connectivity index (χ0) is 30.3. The average Bonchev–Trinajstić information content (AvgIpc) is 3.10. The molecular weight excluding hydrogens is 598 g/mol. The number of rotatable bonds is 6. The van der Waals surface area contributed by atoms with Crippen LogP contribution in [0.1, 0.15) is 22.5 Å². The third-order valence-corrected chi connectivity index (χ3v) is 8.51. The molecule has 5 heterocycles. The van der Waals surface area contributed by atoms with Crippen LogP contribution in [0.5, 0.6) is 17.4 Å². The van der Waals surface area contributed by atoms with Gasteiger partial charge >= 0.3 is 6.61 Å². The van der Waals surface area contributed by atoms with E-state index in [2.05, 4.69) is 25.0 Å². The number of alkyl halides is 3. The lowest BCUT2D eigenvalue weighted by atomic mass is 10.2. The first kappa shape index (κ1) is 28.4. The summed E-state index contributed by atoms with van der Waals surface area (Å²) in [7, 11) is -4.56. The van der Waals surface area contributed by atoms with Crippen LogP contribution in [0.3, 0.4) is 0 Å². The molecule has 0 bridgehead atoms. The number of sulfone groups is 1. The Balaban J connectivity index is 1.23. The summed E-state index contributed by atoms with van der Waals surface area (Å²) in [5.74, 6) is -1.77. The second kappa shape index (κ2) is 11.2. The van der Waals surface area contributed by atoms with Gasteiger partial charge in [-0.05, 0) is 36.4 Å². The molecule has 1 aromatic carbocycles. The number of benzene rings is 1. The van der Waals surface area contributed by atoms with Crippen molar-refractivity contribution < 1.29 is 45.0 Å². The van der Waals surface area contributed by atoms with Crippen molar-refractivity contribution in [3.8, 4) is 17.4 Å². The molecule has 0 radical (unpaired) electrons. The van der Waals surface area contributed by atoms with E-state index in [1.165, 1.54) is 18.3 Å². The average molecular weight is 620 g/mol. The van der Waals surface area contributed by atoms with Crippen LogP contribution in [0.25, 0.3) is 10.9 Å². The summed E-state index contributed by atoms with van der Waals surface area (Å²) in [5, 5.41) is 3.20. The maximum Gasteiger partial charge on any atom is 0.388 e. The minimum atomic E-state index is -4.56. The van der Waals surface area contributed by atoms with Crippen molar-refractivity contribution in [3.05, 3.63) is 65.7 Å². The summed E-state index contributed by atoms with van der Waals surface area (Å²) in [6.45, 7) is -2.90. The molecule has 16 heteroatoms. The molecule has 11 nitrogen and oxygen atoms in total. The fraction of sp³-hybridized carbons (Fsp3) is 0.259. The Kier molecular flexibility index (Phi) is 7.37. The largest absolute Gasteiger partial charge is 0.489 e. The van der Waals surface area contributed by atoms with E-state index >= 15 is 0 Å². The highest BCUT2D eigenvalue weighted by Gasteiger charge is 2.35. The normalized spacial score (nSPS) is 17.3. The lowest BCUT2D eigenvalue weighted by Gasteiger charge is -2.29. The van der Waals surface area contributed by atoms with Gasteiger partial charge in [0.15, 0.2) is 23.1 Å². The minimum Gasteiger partial charge on any atom is -0.489 e. The van der Waals surface area contributed by atoms with Crippen LogP contribution >= 0.6 is 0 Å². The van der Waals surface area contributed by atoms with Gasteiger partial charge in [-0.15, -0.1) is 0 Å². The molecule has 0 unspecified atom stereocenters. The van der Waals surface area contributed by atoms with Crippen LogP contribution in [0, 0.1) is 5.82 Å². The summed E-state index contributed by atoms with van der Waals surface area (Å²) in [4.78, 5) is 26.9. The molecule has 2 aliphatic rings. The topological polar surface area (TPSA) is 133 Å². The van der Waals surface area contributed by atoms with Crippen molar-refractivity contribution >= 4 is 38.3 Å². The number of halogens is 4. The van der Waals surface area contributed by atoms with Crippen LogP contribution in [0.4, 0.5) is 29.2 Å². The van der Waals surface area contributed by atoms with Crippen molar-refractivity contribution in [1.82, 2.24) is 20.3 Å². The summed E-state index contributed by atoms with van der Waals surface area (Å²) in [5.41, 5.74) is -1.78. The smallest absolute Gasteiger partial charge is 0.388 e. The van der Waals surface area contributed by atoms with Crippen molar-refractivity contribution in [2.75, 3.05) is 24.7 Å². The second-order valence-corrected chi connectivity index (χ2v) is 11.5. The van der Waals surface area contributed by atoms with E-state index in [0.717, 1.165) is 12.1 Å². The molecular formula is C27H21F4N5O6S. The molecule has 4 aromatic rings. The maximum absolute atomic E-state index is 14.7. The molecule has 0 aliphatic carbocycles. The number of anilines is 2. The zero-order valence-corrected chi connectivity index (χ0v) is 22.8. The third kappa shape index (κ3) is 5.57. The second-order valence-electron chi connectivity index (χ2n) is 9.45. The number of hydrogen-bond acceptors (Lipinski definition) is 10. The Bertz CT molecular complexity index is 1840. The van der Waals surface area contributed by atoms with Crippen LogP contribution in [0.15, 0.2) is 53.6 Å². The molecule has 0 spiro atoms. The van der Waals surface area contributed by atoms with E-state index in [1.807, 2.05) is 0 Å². The van der Waals surface area contributed by atoms with Gasteiger partial charge in [-0.2, -0.15) is 13.8 Å². The van der Waals surface area contributed by atoms with Crippen molar-refractivity contribution in [1.29, 1.82) is 0 Å². The van der Waals surface area contributed by atoms with Crippen LogP contribution in [-0.4, -0.2) is 61.2 Å². The first-order valence-electron chi connectivity index (χ1n) is 12.8. The predicted octanol–water partition coefficient (Wildman–Crippen LogP) is 4.08. The van der Waals surface area contributed by atoms with Gasteiger partial charge < -0.3 is 24.4 Å². The molecule has 0 saturated carbocycles. The van der Waals surface area contributed by atoms with Gasteiger partial charge in [0.2, 0.25) is 21.2 Å². The van der Waals surface area contributed by atoms with Gasteiger partial charge in [0, 0.05) is 29.6 Å². The lowest BCUT2D eigenvalue weighted by molar-refractivity contribution is -0.0528. The summed E-state index contributed by atoms with van der Waals surface area (Å²) < 4.78 is 94.4. The van der Waals surface area contributed by atoms with E-state index in [9.17, 15) is 30.8 Å². The Hall–Kier alpha value is -4.73. The molecule has 0 fully saturated rings. The number of amides is 1. The van der Waals surface area contributed by atoms with Gasteiger partial charge in [0.1, 0.15) is 17.3 Å². The number of fused-ring (bicyclic) bond motifs is 3. The molecule has 2 aliphatic heterocycles. The molecule has 1 amide bonds. The number of aromatic nitrogens is 3. The molecule has 0 saturated heterocycles. The minimum absolute atomic E-state index is 0.134. The fourth-order valence-electron chi connectivity index (χ4n) is 4.62. The first-order chi connectivity index (χ1) is 20.6. The number of hydrogen-bond donors (Lipinski definition) is 1. The SMILES string of the molecule is O=C(NCc1cc2nc(N3CCOc4ccc(OC(F)F)nc43)ccc2cn1)c1cc(F)c2c(c1)S(=O)(=O)[C@@H](F)CCO2.